The highest BCUT2D eigenvalue weighted by molar-refractivity contribution is 7.17. The van der Waals surface area contributed by atoms with E-state index in [1.807, 2.05) is 61.5 Å². The zero-order chi connectivity index (χ0) is 30.4. The molecule has 1 atom stereocenters. The molecule has 4 aromatic heterocycles. The van der Waals surface area contributed by atoms with Crippen LogP contribution < -0.4 is 5.32 Å². The molecule has 11 heteroatoms. The first-order chi connectivity index (χ1) is 20.7. The Labute approximate surface area is 251 Å². The van der Waals surface area contributed by atoms with Gasteiger partial charge in [0.2, 0.25) is 0 Å². The minimum absolute atomic E-state index is 0.0410. The van der Waals surface area contributed by atoms with Crippen molar-refractivity contribution in [3.8, 4) is 21.8 Å². The van der Waals surface area contributed by atoms with Crippen molar-refractivity contribution in [2.45, 2.75) is 39.2 Å². The second-order valence-electron chi connectivity index (χ2n) is 9.93. The van der Waals surface area contributed by atoms with E-state index < -0.39 is 28.7 Å². The van der Waals surface area contributed by atoms with Crippen molar-refractivity contribution in [1.82, 2.24) is 30.2 Å². The number of amides is 1. The molecule has 0 aliphatic rings. The van der Waals surface area contributed by atoms with Crippen LogP contribution in [0.2, 0.25) is 0 Å². The Morgan fingerprint density at radius 3 is 2.44 bits per heavy atom. The summed E-state index contributed by atoms with van der Waals surface area (Å²) in [7, 11) is 0. The highest BCUT2D eigenvalue weighted by atomic mass is 32.1. The number of alkyl halides is 3. The van der Waals surface area contributed by atoms with Gasteiger partial charge in [0.25, 0.3) is 5.91 Å². The van der Waals surface area contributed by atoms with Gasteiger partial charge in [-0.1, -0.05) is 37.3 Å². The minimum atomic E-state index is -4.82. The molecule has 1 N–H and O–H groups in total. The first kappa shape index (κ1) is 30.0. The first-order valence-electron chi connectivity index (χ1n) is 13.7. The van der Waals surface area contributed by atoms with E-state index in [-0.39, 0.29) is 5.01 Å². The second kappa shape index (κ2) is 13.2. The SMILES string of the molecule is CCN(Cc1ccncc1)Cc1cccnc1-c1nc(C(F)(F)F)c(C(=O)NC(C)c2cccc(-c3cccnc3)c2)s1. The molecule has 1 aromatic carbocycles. The molecule has 5 aromatic rings. The lowest BCUT2D eigenvalue weighted by atomic mass is 10.0. The van der Waals surface area contributed by atoms with E-state index in [0.717, 1.165) is 22.3 Å². The average molecular weight is 603 g/mol. The van der Waals surface area contributed by atoms with Crippen LogP contribution in [0, 0.1) is 0 Å². The fraction of sp³-hybridized carbons (Fsp3) is 0.219. The number of hydrogen-bond donors (Lipinski definition) is 1. The maximum Gasteiger partial charge on any atom is 0.435 e. The van der Waals surface area contributed by atoms with E-state index in [2.05, 4.69) is 30.2 Å². The lowest BCUT2D eigenvalue weighted by molar-refractivity contribution is -0.141. The number of halogens is 3. The molecule has 0 fully saturated rings. The molecular weight excluding hydrogens is 573 g/mol. The molecule has 0 aliphatic heterocycles. The lowest BCUT2D eigenvalue weighted by Crippen LogP contribution is -2.28. The van der Waals surface area contributed by atoms with Crippen molar-refractivity contribution < 1.29 is 18.0 Å². The number of carbonyl (C=O) groups excluding carboxylic acids is 1. The summed E-state index contributed by atoms with van der Waals surface area (Å²) in [6.07, 6.45) is 3.53. The number of nitrogens with one attached hydrogen (secondary N) is 1. The van der Waals surface area contributed by atoms with E-state index >= 15 is 0 Å². The van der Waals surface area contributed by atoms with Crippen molar-refractivity contribution >= 4 is 17.2 Å². The number of nitrogens with zero attached hydrogens (tertiary/aromatic N) is 5. The van der Waals surface area contributed by atoms with Crippen LogP contribution in [0.5, 0.6) is 0 Å². The Balaban J connectivity index is 1.41. The van der Waals surface area contributed by atoms with Crippen LogP contribution in [0.3, 0.4) is 0 Å². The topological polar surface area (TPSA) is 83.9 Å². The monoisotopic (exact) mass is 602 g/mol. The maximum atomic E-state index is 14.2. The molecule has 0 radical (unpaired) electrons. The minimum Gasteiger partial charge on any atom is -0.345 e. The molecular formula is C32H29F3N6OS. The molecule has 5 rings (SSSR count). The van der Waals surface area contributed by atoms with Crippen LogP contribution >= 0.6 is 11.3 Å². The molecule has 0 saturated carbocycles. The van der Waals surface area contributed by atoms with Crippen LogP contribution in [0.4, 0.5) is 13.2 Å². The summed E-state index contributed by atoms with van der Waals surface area (Å²) in [5.74, 6) is -0.847. The molecule has 1 unspecified atom stereocenters. The van der Waals surface area contributed by atoms with Crippen molar-refractivity contribution in [2.24, 2.45) is 0 Å². The Morgan fingerprint density at radius 2 is 1.72 bits per heavy atom. The van der Waals surface area contributed by atoms with E-state index in [1.54, 1.807) is 37.8 Å². The zero-order valence-corrected chi connectivity index (χ0v) is 24.4. The van der Waals surface area contributed by atoms with Gasteiger partial charge in [0.05, 0.1) is 6.04 Å². The molecule has 220 valence electrons. The van der Waals surface area contributed by atoms with E-state index in [1.165, 1.54) is 6.20 Å². The van der Waals surface area contributed by atoms with Crippen molar-refractivity contribution in [1.29, 1.82) is 0 Å². The Kier molecular flexibility index (Phi) is 9.22. The second-order valence-corrected chi connectivity index (χ2v) is 10.9. The molecule has 0 aliphatic carbocycles. The van der Waals surface area contributed by atoms with Gasteiger partial charge in [-0.2, -0.15) is 13.2 Å². The Morgan fingerprint density at radius 1 is 0.953 bits per heavy atom. The van der Waals surface area contributed by atoms with Gasteiger partial charge in [-0.3, -0.25) is 24.6 Å². The summed E-state index contributed by atoms with van der Waals surface area (Å²) in [5, 5.41) is 2.77. The summed E-state index contributed by atoms with van der Waals surface area (Å²) >= 11 is 0.697. The summed E-state index contributed by atoms with van der Waals surface area (Å²) < 4.78 is 42.5. The first-order valence-corrected chi connectivity index (χ1v) is 14.5. The standard InChI is InChI=1S/C32H29F3N6OS/c1-3-41(19-22-11-15-36-16-12-22)20-26-10-6-14-38-27(26)31-40-29(32(33,34)35)28(43-31)30(42)39-21(2)23-7-4-8-24(17-23)25-9-5-13-37-18-25/h4-18,21H,3,19-20H2,1-2H3,(H,39,42). The highest BCUT2D eigenvalue weighted by Crippen LogP contribution is 2.38. The molecule has 1 amide bonds. The molecule has 43 heavy (non-hydrogen) atoms. The van der Waals surface area contributed by atoms with Gasteiger partial charge in [-0.05, 0) is 71.6 Å². The number of benzene rings is 1. The lowest BCUT2D eigenvalue weighted by Gasteiger charge is -2.21. The van der Waals surface area contributed by atoms with Crippen LogP contribution in [0.25, 0.3) is 21.8 Å². The van der Waals surface area contributed by atoms with Gasteiger partial charge in [-0.25, -0.2) is 4.98 Å². The van der Waals surface area contributed by atoms with Gasteiger partial charge in [0.1, 0.15) is 15.6 Å². The summed E-state index contributed by atoms with van der Waals surface area (Å²) in [5.41, 5.74) is 3.40. The summed E-state index contributed by atoms with van der Waals surface area (Å²) in [6, 6.07) is 18.0. The van der Waals surface area contributed by atoms with Crippen LogP contribution in [0.1, 0.15) is 51.9 Å². The fourth-order valence-corrected chi connectivity index (χ4v) is 5.68. The van der Waals surface area contributed by atoms with Crippen LogP contribution in [-0.4, -0.2) is 37.3 Å². The fourth-order valence-electron chi connectivity index (χ4n) is 4.66. The molecule has 7 nitrogen and oxygen atoms in total. The third kappa shape index (κ3) is 7.30. The van der Waals surface area contributed by atoms with E-state index in [0.29, 0.717) is 42.2 Å². The summed E-state index contributed by atoms with van der Waals surface area (Å²) in [6.45, 7) is 5.52. The average Bonchev–Trinajstić information content (AvgIpc) is 3.49. The van der Waals surface area contributed by atoms with E-state index in [9.17, 15) is 18.0 Å². The van der Waals surface area contributed by atoms with Gasteiger partial charge >= 0.3 is 6.18 Å². The number of hydrogen-bond acceptors (Lipinski definition) is 7. The number of carbonyl (C=O) groups is 1. The van der Waals surface area contributed by atoms with Gasteiger partial charge in [-0.15, -0.1) is 11.3 Å². The van der Waals surface area contributed by atoms with Gasteiger partial charge in [0.15, 0.2) is 5.69 Å². The Bertz CT molecular complexity index is 1680. The number of pyridine rings is 3. The van der Waals surface area contributed by atoms with Crippen molar-refractivity contribution in [2.75, 3.05) is 6.54 Å². The number of thiazole rings is 1. The maximum absolute atomic E-state index is 14.2. The quantitative estimate of drug-likeness (QED) is 0.182. The predicted octanol–water partition coefficient (Wildman–Crippen LogP) is 7.19. The largest absolute Gasteiger partial charge is 0.435 e. The predicted molar refractivity (Wildman–Crippen MR) is 160 cm³/mol. The molecule has 4 heterocycles. The van der Waals surface area contributed by atoms with Gasteiger partial charge < -0.3 is 5.32 Å². The van der Waals surface area contributed by atoms with Crippen molar-refractivity contribution in [3.05, 3.63) is 119 Å². The molecule has 0 spiro atoms. The third-order valence-electron chi connectivity index (χ3n) is 6.92. The van der Waals surface area contributed by atoms with Crippen molar-refractivity contribution in [3.63, 3.8) is 0 Å². The number of rotatable bonds is 10. The normalized spacial score (nSPS) is 12.3. The third-order valence-corrected chi connectivity index (χ3v) is 7.98. The highest BCUT2D eigenvalue weighted by Gasteiger charge is 2.40. The van der Waals surface area contributed by atoms with Crippen LogP contribution in [0.15, 0.2) is 91.6 Å². The zero-order valence-electron chi connectivity index (χ0n) is 23.5. The van der Waals surface area contributed by atoms with E-state index in [4.69, 9.17) is 0 Å². The van der Waals surface area contributed by atoms with Crippen LogP contribution in [-0.2, 0) is 19.3 Å². The smallest absolute Gasteiger partial charge is 0.345 e. The van der Waals surface area contributed by atoms with Gasteiger partial charge in [0, 0.05) is 44.1 Å². The molecule has 0 saturated heterocycles. The molecule has 0 bridgehead atoms. The number of aromatic nitrogens is 4. The Hall–Kier alpha value is -4.48. The summed E-state index contributed by atoms with van der Waals surface area (Å²) in [4.78, 5) is 31.5.